The highest BCUT2D eigenvalue weighted by Crippen LogP contribution is 2.14. The molecule has 0 spiro atoms. The van der Waals surface area contributed by atoms with Crippen molar-refractivity contribution in [2.45, 2.75) is 13.3 Å². The number of hydrogen-bond donors (Lipinski definition) is 2. The van der Waals surface area contributed by atoms with Gasteiger partial charge in [-0.05, 0) is 55.1 Å². The van der Waals surface area contributed by atoms with E-state index in [0.29, 0.717) is 24.1 Å². The minimum atomic E-state index is -0.149. The quantitative estimate of drug-likeness (QED) is 0.721. The van der Waals surface area contributed by atoms with Crippen LogP contribution in [0.3, 0.4) is 0 Å². The monoisotopic (exact) mass is 384 g/mol. The zero-order chi connectivity index (χ0) is 17.1. The van der Waals surface area contributed by atoms with Crippen LogP contribution in [0, 0.1) is 6.92 Å². The van der Waals surface area contributed by atoms with Gasteiger partial charge in [-0.15, -0.1) is 0 Å². The highest BCUT2D eigenvalue weighted by atomic mass is 79.9. The summed E-state index contributed by atoms with van der Waals surface area (Å²) in [6, 6.07) is 15.0. The van der Waals surface area contributed by atoms with Gasteiger partial charge in [-0.2, -0.15) is 0 Å². The molecule has 2 aromatic carbocycles. The minimum absolute atomic E-state index is 0.108. The Balaban J connectivity index is 1.70. The number of halogens is 1. The molecule has 0 unspecified atom stereocenters. The average Bonchev–Trinajstić information content (AvgIpc) is 2.55. The fourth-order valence-corrected chi connectivity index (χ4v) is 3.00. The van der Waals surface area contributed by atoms with Gasteiger partial charge in [0, 0.05) is 27.7 Å². The Labute approximate surface area is 148 Å². The standard InChI is InChI=1S/C19H17BrN2O2/c1-12-5-6-17-15(9-12)10-14(19(24)22-17)7-8-21-18(23)13-3-2-4-16(20)11-13/h2-6,9-11H,7-8H2,1H3,(H,21,23)(H,22,24). The second kappa shape index (κ2) is 7.01. The number of fused-ring (bicyclic) bond motifs is 1. The van der Waals surface area contributed by atoms with Crippen LogP contribution in [0.4, 0.5) is 0 Å². The molecule has 24 heavy (non-hydrogen) atoms. The molecule has 0 atom stereocenters. The lowest BCUT2D eigenvalue weighted by Crippen LogP contribution is -2.27. The van der Waals surface area contributed by atoms with Gasteiger partial charge in [-0.1, -0.05) is 33.6 Å². The van der Waals surface area contributed by atoms with Crippen LogP contribution in [0.15, 0.2) is 57.8 Å². The van der Waals surface area contributed by atoms with E-state index < -0.39 is 0 Å². The zero-order valence-electron chi connectivity index (χ0n) is 13.2. The van der Waals surface area contributed by atoms with Crippen LogP contribution in [0.5, 0.6) is 0 Å². The topological polar surface area (TPSA) is 62.0 Å². The van der Waals surface area contributed by atoms with Crippen molar-refractivity contribution < 1.29 is 4.79 Å². The zero-order valence-corrected chi connectivity index (χ0v) is 14.8. The second-order valence-corrected chi connectivity index (χ2v) is 6.65. The molecule has 1 aromatic heterocycles. The molecule has 122 valence electrons. The van der Waals surface area contributed by atoms with E-state index in [2.05, 4.69) is 26.2 Å². The average molecular weight is 385 g/mol. The molecule has 0 bridgehead atoms. The fraction of sp³-hybridized carbons (Fsp3) is 0.158. The van der Waals surface area contributed by atoms with Crippen molar-refractivity contribution in [3.8, 4) is 0 Å². The lowest BCUT2D eigenvalue weighted by Gasteiger charge is -2.07. The number of aryl methyl sites for hydroxylation is 1. The van der Waals surface area contributed by atoms with E-state index in [1.165, 1.54) is 0 Å². The Bertz CT molecular complexity index is 963. The molecule has 0 aliphatic heterocycles. The Morgan fingerprint density at radius 1 is 1.17 bits per heavy atom. The number of aromatic amines is 1. The third-order valence-electron chi connectivity index (χ3n) is 3.84. The summed E-state index contributed by atoms with van der Waals surface area (Å²) in [5.74, 6) is -0.149. The van der Waals surface area contributed by atoms with Gasteiger partial charge in [0.1, 0.15) is 0 Å². The summed E-state index contributed by atoms with van der Waals surface area (Å²) in [4.78, 5) is 27.1. The fourth-order valence-electron chi connectivity index (χ4n) is 2.60. The Hall–Kier alpha value is -2.40. The lowest BCUT2D eigenvalue weighted by atomic mass is 10.1. The van der Waals surface area contributed by atoms with E-state index in [1.807, 2.05) is 43.3 Å². The molecule has 3 aromatic rings. The maximum Gasteiger partial charge on any atom is 0.251 e. The van der Waals surface area contributed by atoms with Crippen LogP contribution in [0.1, 0.15) is 21.5 Å². The highest BCUT2D eigenvalue weighted by Gasteiger charge is 2.07. The molecule has 0 aliphatic rings. The Kier molecular flexibility index (Phi) is 4.81. The first-order valence-corrected chi connectivity index (χ1v) is 8.48. The van der Waals surface area contributed by atoms with Gasteiger partial charge in [0.05, 0.1) is 0 Å². The number of carbonyl (C=O) groups excluding carboxylic acids is 1. The van der Waals surface area contributed by atoms with Gasteiger partial charge in [0.2, 0.25) is 0 Å². The first-order chi connectivity index (χ1) is 11.5. The van der Waals surface area contributed by atoms with Crippen LogP contribution in [0.2, 0.25) is 0 Å². The normalized spacial score (nSPS) is 10.8. The molecule has 5 heteroatoms. The molecule has 0 aliphatic carbocycles. The first-order valence-electron chi connectivity index (χ1n) is 7.69. The molecule has 1 amide bonds. The molecule has 2 N–H and O–H groups in total. The number of nitrogens with one attached hydrogen (secondary N) is 2. The maximum atomic E-state index is 12.1. The minimum Gasteiger partial charge on any atom is -0.352 e. The molecule has 0 saturated heterocycles. The molecule has 1 heterocycles. The summed E-state index contributed by atoms with van der Waals surface area (Å²) in [5.41, 5.74) is 3.12. The van der Waals surface area contributed by atoms with E-state index >= 15 is 0 Å². The summed E-state index contributed by atoms with van der Waals surface area (Å²) >= 11 is 3.35. The lowest BCUT2D eigenvalue weighted by molar-refractivity contribution is 0.0954. The number of rotatable bonds is 4. The van der Waals surface area contributed by atoms with E-state index in [1.54, 1.807) is 12.1 Å². The largest absolute Gasteiger partial charge is 0.352 e. The van der Waals surface area contributed by atoms with E-state index in [-0.39, 0.29) is 11.5 Å². The number of pyridine rings is 1. The van der Waals surface area contributed by atoms with Gasteiger partial charge in [0.15, 0.2) is 0 Å². The van der Waals surface area contributed by atoms with Gasteiger partial charge in [0.25, 0.3) is 11.5 Å². The number of hydrogen-bond acceptors (Lipinski definition) is 2. The molecule has 3 rings (SSSR count). The summed E-state index contributed by atoms with van der Waals surface area (Å²) in [6.45, 7) is 2.42. The van der Waals surface area contributed by atoms with Gasteiger partial charge >= 0.3 is 0 Å². The second-order valence-electron chi connectivity index (χ2n) is 5.73. The van der Waals surface area contributed by atoms with Gasteiger partial charge in [-0.3, -0.25) is 9.59 Å². The molecule has 4 nitrogen and oxygen atoms in total. The van der Waals surface area contributed by atoms with Crippen molar-refractivity contribution in [3.05, 3.63) is 80.0 Å². The molecule has 0 saturated carbocycles. The van der Waals surface area contributed by atoms with E-state index in [4.69, 9.17) is 0 Å². The van der Waals surface area contributed by atoms with E-state index in [0.717, 1.165) is 20.9 Å². The van der Waals surface area contributed by atoms with Crippen molar-refractivity contribution in [1.29, 1.82) is 0 Å². The SMILES string of the molecule is Cc1ccc2[nH]c(=O)c(CCNC(=O)c3cccc(Br)c3)cc2c1. The van der Waals surface area contributed by atoms with Crippen LogP contribution >= 0.6 is 15.9 Å². The van der Waals surface area contributed by atoms with Crippen LogP contribution < -0.4 is 10.9 Å². The molecular formula is C19H17BrN2O2. The smallest absolute Gasteiger partial charge is 0.251 e. The Morgan fingerprint density at radius 3 is 2.79 bits per heavy atom. The van der Waals surface area contributed by atoms with Crippen LogP contribution in [-0.2, 0) is 6.42 Å². The summed E-state index contributed by atoms with van der Waals surface area (Å²) < 4.78 is 0.858. The van der Waals surface area contributed by atoms with Gasteiger partial charge < -0.3 is 10.3 Å². The molecule has 0 fully saturated rings. The van der Waals surface area contributed by atoms with Crippen molar-refractivity contribution in [3.63, 3.8) is 0 Å². The summed E-state index contributed by atoms with van der Waals surface area (Å²) in [7, 11) is 0. The number of aromatic nitrogens is 1. The number of benzene rings is 2. The third-order valence-corrected chi connectivity index (χ3v) is 4.34. The predicted molar refractivity (Wildman–Crippen MR) is 99.5 cm³/mol. The number of carbonyl (C=O) groups is 1. The van der Waals surface area contributed by atoms with E-state index in [9.17, 15) is 9.59 Å². The highest BCUT2D eigenvalue weighted by molar-refractivity contribution is 9.10. The Morgan fingerprint density at radius 2 is 2.00 bits per heavy atom. The van der Waals surface area contributed by atoms with Crippen molar-refractivity contribution in [1.82, 2.24) is 10.3 Å². The van der Waals surface area contributed by atoms with Gasteiger partial charge in [-0.25, -0.2) is 0 Å². The van der Waals surface area contributed by atoms with Crippen molar-refractivity contribution in [2.24, 2.45) is 0 Å². The number of H-pyrrole nitrogens is 1. The van der Waals surface area contributed by atoms with Crippen molar-refractivity contribution >= 4 is 32.7 Å². The van der Waals surface area contributed by atoms with Crippen LogP contribution in [0.25, 0.3) is 10.9 Å². The summed E-state index contributed by atoms with van der Waals surface area (Å²) in [5, 5.41) is 3.85. The third kappa shape index (κ3) is 3.74. The number of amides is 1. The van der Waals surface area contributed by atoms with Crippen molar-refractivity contribution in [2.75, 3.05) is 6.54 Å². The maximum absolute atomic E-state index is 12.1. The summed E-state index contributed by atoms with van der Waals surface area (Å²) in [6.07, 6.45) is 0.485. The first kappa shape index (κ1) is 16.5. The molecule has 0 radical (unpaired) electrons. The molecular weight excluding hydrogens is 368 g/mol. The van der Waals surface area contributed by atoms with Crippen LogP contribution in [-0.4, -0.2) is 17.4 Å². The predicted octanol–water partition coefficient (Wildman–Crippen LogP) is 3.57.